The van der Waals surface area contributed by atoms with Gasteiger partial charge in [0.15, 0.2) is 0 Å². The summed E-state index contributed by atoms with van der Waals surface area (Å²) in [5.41, 5.74) is 9.17. The quantitative estimate of drug-likeness (QED) is 0.724. The second-order valence-electron chi connectivity index (χ2n) is 7.20. The number of aromatic amines is 1. The largest absolute Gasteiger partial charge is 0.361 e. The van der Waals surface area contributed by atoms with Crippen LogP contribution in [0, 0.1) is 5.82 Å². The van der Waals surface area contributed by atoms with Gasteiger partial charge in [-0.15, -0.1) is 0 Å². The number of piperidine rings is 1. The van der Waals surface area contributed by atoms with Gasteiger partial charge in [-0.1, -0.05) is 0 Å². The molecule has 0 atom stereocenters. The predicted octanol–water partition coefficient (Wildman–Crippen LogP) is 4.33. The minimum atomic E-state index is -0.600. The van der Waals surface area contributed by atoms with Gasteiger partial charge in [0.1, 0.15) is 5.82 Å². The molecule has 0 saturated carbocycles. The van der Waals surface area contributed by atoms with Crippen LogP contribution in [0.2, 0.25) is 0 Å². The molecule has 1 saturated heterocycles. The number of hydrogen-bond donors (Lipinski definition) is 2. The normalized spacial score (nSPS) is 15.9. The highest BCUT2D eigenvalue weighted by molar-refractivity contribution is 6.00. The Hall–Kier alpha value is -2.86. The van der Waals surface area contributed by atoms with E-state index in [1.165, 1.54) is 22.6 Å². The van der Waals surface area contributed by atoms with Gasteiger partial charge in [0, 0.05) is 17.1 Å². The van der Waals surface area contributed by atoms with Crippen molar-refractivity contribution >= 4 is 28.3 Å². The van der Waals surface area contributed by atoms with Gasteiger partial charge in [0.05, 0.1) is 11.4 Å². The van der Waals surface area contributed by atoms with E-state index in [0.29, 0.717) is 17.3 Å². The summed E-state index contributed by atoms with van der Waals surface area (Å²) in [5.74, 6) is 0.145. The number of carbonyl (C=O) groups is 1. The lowest BCUT2D eigenvalue weighted by atomic mass is 9.89. The summed E-state index contributed by atoms with van der Waals surface area (Å²) in [4.78, 5) is 19.2. The lowest BCUT2D eigenvalue weighted by Gasteiger charge is -2.29. The van der Waals surface area contributed by atoms with Crippen LogP contribution in [0.25, 0.3) is 10.9 Å². The van der Waals surface area contributed by atoms with E-state index in [1.54, 1.807) is 12.1 Å². The summed E-state index contributed by atoms with van der Waals surface area (Å²) < 4.78 is 13.3. The first kappa shape index (κ1) is 17.5. The van der Waals surface area contributed by atoms with Crippen molar-refractivity contribution < 1.29 is 9.18 Å². The van der Waals surface area contributed by atoms with Gasteiger partial charge in [-0.05, 0) is 86.9 Å². The average Bonchev–Trinajstić information content (AvgIpc) is 3.07. The van der Waals surface area contributed by atoms with Crippen molar-refractivity contribution in [2.24, 2.45) is 5.73 Å². The van der Waals surface area contributed by atoms with Crippen molar-refractivity contribution in [2.75, 3.05) is 25.0 Å². The maximum atomic E-state index is 13.3. The molecule has 6 heteroatoms. The molecular formula is C21H23FN4O. The van der Waals surface area contributed by atoms with E-state index in [9.17, 15) is 9.18 Å². The molecular weight excluding hydrogens is 343 g/mol. The molecule has 3 aromatic rings. The zero-order chi connectivity index (χ0) is 19.0. The minimum absolute atomic E-state index is 0.353. The third-order valence-electron chi connectivity index (χ3n) is 5.42. The summed E-state index contributed by atoms with van der Waals surface area (Å²) >= 11 is 0. The van der Waals surface area contributed by atoms with Crippen LogP contribution in [0.3, 0.4) is 0 Å². The molecule has 0 spiro atoms. The SMILES string of the molecule is CN1CCC(c2c[nH]c3ccc(N(C(N)=O)c4ccc(F)cc4)cc23)CC1. The summed E-state index contributed by atoms with van der Waals surface area (Å²) in [7, 11) is 2.15. The van der Waals surface area contributed by atoms with E-state index < -0.39 is 6.03 Å². The van der Waals surface area contributed by atoms with E-state index in [4.69, 9.17) is 5.73 Å². The Balaban J connectivity index is 1.74. The number of fused-ring (bicyclic) bond motifs is 1. The molecule has 3 N–H and O–H groups in total. The van der Waals surface area contributed by atoms with Crippen LogP contribution >= 0.6 is 0 Å². The Morgan fingerprint density at radius 3 is 2.48 bits per heavy atom. The summed E-state index contributed by atoms with van der Waals surface area (Å²) in [6.07, 6.45) is 4.31. The summed E-state index contributed by atoms with van der Waals surface area (Å²) in [6.45, 7) is 2.17. The summed E-state index contributed by atoms with van der Waals surface area (Å²) in [6, 6.07) is 11.0. The number of urea groups is 1. The molecule has 140 valence electrons. The third-order valence-corrected chi connectivity index (χ3v) is 5.42. The topological polar surface area (TPSA) is 65.4 Å². The highest BCUT2D eigenvalue weighted by Crippen LogP contribution is 2.36. The number of nitrogens with one attached hydrogen (secondary N) is 1. The predicted molar refractivity (Wildman–Crippen MR) is 106 cm³/mol. The van der Waals surface area contributed by atoms with Gasteiger partial charge < -0.3 is 15.6 Å². The fourth-order valence-electron chi connectivity index (χ4n) is 3.92. The van der Waals surface area contributed by atoms with Crippen LogP contribution < -0.4 is 10.6 Å². The van der Waals surface area contributed by atoms with E-state index in [2.05, 4.69) is 23.1 Å². The maximum absolute atomic E-state index is 13.3. The number of anilines is 2. The van der Waals surface area contributed by atoms with E-state index >= 15 is 0 Å². The number of primary amides is 1. The van der Waals surface area contributed by atoms with E-state index in [-0.39, 0.29) is 5.82 Å². The zero-order valence-corrected chi connectivity index (χ0v) is 15.3. The number of nitrogens with two attached hydrogens (primary N) is 1. The van der Waals surface area contributed by atoms with Crippen molar-refractivity contribution in [2.45, 2.75) is 18.8 Å². The highest BCUT2D eigenvalue weighted by atomic mass is 19.1. The van der Waals surface area contributed by atoms with Gasteiger partial charge >= 0.3 is 6.03 Å². The number of likely N-dealkylation sites (tertiary alicyclic amines) is 1. The number of benzene rings is 2. The average molecular weight is 366 g/mol. The number of aromatic nitrogens is 1. The van der Waals surface area contributed by atoms with Crippen LogP contribution in [-0.4, -0.2) is 36.1 Å². The smallest absolute Gasteiger partial charge is 0.323 e. The van der Waals surface area contributed by atoms with Crippen molar-refractivity contribution in [1.82, 2.24) is 9.88 Å². The molecule has 0 unspecified atom stereocenters. The van der Waals surface area contributed by atoms with E-state index in [1.807, 2.05) is 18.2 Å². The number of amides is 2. The molecule has 1 fully saturated rings. The molecule has 0 radical (unpaired) electrons. The molecule has 4 rings (SSSR count). The lowest BCUT2D eigenvalue weighted by molar-refractivity contribution is 0.256. The monoisotopic (exact) mass is 366 g/mol. The molecule has 0 aliphatic carbocycles. The minimum Gasteiger partial charge on any atom is -0.361 e. The van der Waals surface area contributed by atoms with Crippen molar-refractivity contribution in [1.29, 1.82) is 0 Å². The zero-order valence-electron chi connectivity index (χ0n) is 15.3. The number of H-pyrrole nitrogens is 1. The van der Waals surface area contributed by atoms with Crippen LogP contribution in [0.1, 0.15) is 24.3 Å². The number of hydrogen-bond acceptors (Lipinski definition) is 2. The van der Waals surface area contributed by atoms with Gasteiger partial charge in [-0.2, -0.15) is 0 Å². The van der Waals surface area contributed by atoms with Crippen LogP contribution in [0.4, 0.5) is 20.6 Å². The number of carbonyl (C=O) groups excluding carboxylic acids is 1. The first-order valence-electron chi connectivity index (χ1n) is 9.17. The van der Waals surface area contributed by atoms with Crippen LogP contribution in [0.5, 0.6) is 0 Å². The number of halogens is 1. The number of nitrogens with zero attached hydrogens (tertiary/aromatic N) is 2. The molecule has 2 aromatic carbocycles. The fraction of sp³-hybridized carbons (Fsp3) is 0.286. The molecule has 1 aliphatic rings. The third kappa shape index (κ3) is 3.40. The Morgan fingerprint density at radius 2 is 1.81 bits per heavy atom. The molecule has 2 heterocycles. The first-order chi connectivity index (χ1) is 13.0. The van der Waals surface area contributed by atoms with Crippen molar-refractivity contribution in [3.8, 4) is 0 Å². The maximum Gasteiger partial charge on any atom is 0.323 e. The summed E-state index contributed by atoms with van der Waals surface area (Å²) in [5, 5.41) is 1.11. The highest BCUT2D eigenvalue weighted by Gasteiger charge is 2.22. The second kappa shape index (κ2) is 7.04. The fourth-order valence-corrected chi connectivity index (χ4v) is 3.92. The molecule has 2 amide bonds. The van der Waals surface area contributed by atoms with E-state index in [0.717, 1.165) is 36.8 Å². The van der Waals surface area contributed by atoms with Gasteiger partial charge in [0.25, 0.3) is 0 Å². The second-order valence-corrected chi connectivity index (χ2v) is 7.20. The van der Waals surface area contributed by atoms with Crippen molar-refractivity contribution in [3.63, 3.8) is 0 Å². The van der Waals surface area contributed by atoms with Crippen LogP contribution in [0.15, 0.2) is 48.7 Å². The molecule has 27 heavy (non-hydrogen) atoms. The Kier molecular flexibility index (Phi) is 4.58. The number of rotatable bonds is 3. The Morgan fingerprint density at radius 1 is 1.15 bits per heavy atom. The molecule has 1 aliphatic heterocycles. The standard InChI is InChI=1S/C21H23FN4O/c1-25-10-8-14(9-11-25)19-13-24-20-7-6-17(12-18(19)20)26(21(23)27)16-4-2-15(22)3-5-16/h2-7,12-14,24H,8-11H2,1H3,(H2,23,27). The molecule has 0 bridgehead atoms. The van der Waals surface area contributed by atoms with Crippen LogP contribution in [-0.2, 0) is 0 Å². The van der Waals surface area contributed by atoms with Gasteiger partial charge in [-0.3, -0.25) is 4.90 Å². The Bertz CT molecular complexity index is 958. The van der Waals surface area contributed by atoms with Gasteiger partial charge in [-0.25, -0.2) is 9.18 Å². The van der Waals surface area contributed by atoms with Gasteiger partial charge in [0.2, 0.25) is 0 Å². The molecule has 5 nitrogen and oxygen atoms in total. The Labute approximate surface area is 157 Å². The van der Waals surface area contributed by atoms with Crippen molar-refractivity contribution in [3.05, 3.63) is 60.0 Å². The first-order valence-corrected chi connectivity index (χ1v) is 9.17. The molecule has 1 aromatic heterocycles. The lowest BCUT2D eigenvalue weighted by Crippen LogP contribution is -2.31.